The average Bonchev–Trinajstić information content (AvgIpc) is 3.44. The fourth-order valence-electron chi connectivity index (χ4n) is 5.98. The van der Waals surface area contributed by atoms with Crippen LogP contribution in [0, 0.1) is 0 Å². The molecule has 0 atom stereocenters. The van der Waals surface area contributed by atoms with Crippen LogP contribution in [0.15, 0.2) is 136 Å². The number of rotatable bonds is 6. The topological polar surface area (TPSA) is 12.4 Å². The maximum Gasteiger partial charge on any atom is 0.0701 e. The molecule has 3 aromatic carbocycles. The molecule has 0 fully saturated rings. The van der Waals surface area contributed by atoms with Gasteiger partial charge in [-0.2, -0.15) is 0 Å². The second-order valence-corrected chi connectivity index (χ2v) is 13.1. The van der Waals surface area contributed by atoms with Gasteiger partial charge in [0.05, 0.1) is 5.70 Å². The van der Waals surface area contributed by atoms with Gasteiger partial charge < -0.3 is 0 Å². The van der Waals surface area contributed by atoms with Crippen LogP contribution in [0.3, 0.4) is 0 Å². The molecule has 2 heterocycles. The van der Waals surface area contributed by atoms with Gasteiger partial charge in [-0.1, -0.05) is 123 Å². The molecule has 0 radical (unpaired) electrons. The number of nitrogens with zero attached hydrogens (tertiary/aromatic N) is 1. The van der Waals surface area contributed by atoms with E-state index in [1.165, 1.54) is 53.3 Å². The summed E-state index contributed by atoms with van der Waals surface area (Å²) in [5.74, 6) is 0. The van der Waals surface area contributed by atoms with E-state index in [2.05, 4.69) is 160 Å². The zero-order chi connectivity index (χ0) is 29.3. The summed E-state index contributed by atoms with van der Waals surface area (Å²) in [7, 11) is 0. The fourth-order valence-corrected chi connectivity index (χ4v) is 7.96. The Kier molecular flexibility index (Phi) is 7.72. The van der Waals surface area contributed by atoms with E-state index in [1.807, 2.05) is 11.3 Å². The molecule has 3 heteroatoms. The van der Waals surface area contributed by atoms with Crippen molar-refractivity contribution in [1.29, 1.82) is 0 Å². The molecule has 1 nitrogen and oxygen atoms in total. The Morgan fingerprint density at radius 3 is 2.52 bits per heavy atom. The van der Waals surface area contributed by atoms with Gasteiger partial charge in [0.2, 0.25) is 0 Å². The first-order valence-corrected chi connectivity index (χ1v) is 15.8. The molecule has 0 spiro atoms. The summed E-state index contributed by atoms with van der Waals surface area (Å²) < 4.78 is 1.30. The molecule has 2 aliphatic rings. The van der Waals surface area contributed by atoms with E-state index in [0.717, 1.165) is 16.2 Å². The van der Waals surface area contributed by atoms with Crippen molar-refractivity contribution in [3.63, 3.8) is 0 Å². The van der Waals surface area contributed by atoms with Gasteiger partial charge in [-0.15, -0.1) is 11.3 Å². The number of aliphatic imine (C=N–C) groups is 1. The predicted octanol–water partition coefficient (Wildman–Crippen LogP) is 11.5. The molecule has 0 N–H and O–H groups in total. The minimum atomic E-state index is -0.121. The van der Waals surface area contributed by atoms with Crippen LogP contribution < -0.4 is 0 Å². The number of thiophene rings is 1. The molecule has 4 aromatic rings. The number of hydrogen-bond donors (Lipinski definition) is 0. The fraction of sp³-hybridized carbons (Fsp3) is 0.103. The Morgan fingerprint density at radius 1 is 0.881 bits per heavy atom. The highest BCUT2D eigenvalue weighted by atomic mass is 32.2. The van der Waals surface area contributed by atoms with Crippen molar-refractivity contribution in [2.24, 2.45) is 4.99 Å². The second-order valence-electron chi connectivity index (χ2n) is 10.9. The van der Waals surface area contributed by atoms with Crippen LogP contribution in [0.4, 0.5) is 0 Å². The van der Waals surface area contributed by atoms with Crippen LogP contribution >= 0.6 is 23.1 Å². The smallest absolute Gasteiger partial charge is 0.0701 e. The van der Waals surface area contributed by atoms with Gasteiger partial charge in [0, 0.05) is 41.3 Å². The summed E-state index contributed by atoms with van der Waals surface area (Å²) in [6, 6.07) is 23.8. The quantitative estimate of drug-likeness (QED) is 0.163. The number of fused-ring (bicyclic) bond motifs is 5. The third-order valence-corrected chi connectivity index (χ3v) is 10.0. The van der Waals surface area contributed by atoms with E-state index >= 15 is 0 Å². The minimum absolute atomic E-state index is 0.121. The summed E-state index contributed by atoms with van der Waals surface area (Å²) in [5.41, 5.74) is 9.48. The first-order valence-electron chi connectivity index (χ1n) is 14.1. The van der Waals surface area contributed by atoms with Crippen molar-refractivity contribution in [2.45, 2.75) is 31.1 Å². The highest BCUT2D eigenvalue weighted by Crippen LogP contribution is 2.53. The average molecular weight is 580 g/mol. The highest BCUT2D eigenvalue weighted by molar-refractivity contribution is 8.03. The molecule has 0 saturated carbocycles. The molecule has 0 saturated heterocycles. The van der Waals surface area contributed by atoms with E-state index in [0.29, 0.717) is 0 Å². The standard InChI is InChI=1S/C39H33NS2/c1-6-15-27-28-16-11-13-22-35(28)42-34(27)21-9-7-8-20-33(40-5)30-18-14-23-36-38(30)37-29-17-10-12-19-31(29)39(3,4)32(37)25-24-26(2)41-36/h6-25H,2,5H2,1,3-4H3/b8-7-,15-6+,21-9-,25-24-,33-20-. The normalized spacial score (nSPS) is 17.1. The van der Waals surface area contributed by atoms with Crippen molar-refractivity contribution in [3.05, 3.63) is 159 Å². The van der Waals surface area contributed by atoms with Gasteiger partial charge in [-0.3, -0.25) is 4.99 Å². The van der Waals surface area contributed by atoms with Crippen molar-refractivity contribution in [3.8, 4) is 0 Å². The summed E-state index contributed by atoms with van der Waals surface area (Å²) in [4.78, 5) is 7.98. The lowest BCUT2D eigenvalue weighted by Gasteiger charge is -2.24. The molecule has 1 aromatic heterocycles. The maximum absolute atomic E-state index is 4.53. The molecule has 206 valence electrons. The van der Waals surface area contributed by atoms with Crippen molar-refractivity contribution in [1.82, 2.24) is 0 Å². The summed E-state index contributed by atoms with van der Waals surface area (Å²) in [6.45, 7) is 15.0. The first kappa shape index (κ1) is 28.0. The Hall–Kier alpha value is -4.18. The van der Waals surface area contributed by atoms with Crippen LogP contribution in [-0.2, 0) is 5.41 Å². The molecular formula is C39H33NS2. The van der Waals surface area contributed by atoms with Crippen LogP contribution in [0.1, 0.15) is 53.5 Å². The van der Waals surface area contributed by atoms with Crippen molar-refractivity contribution < 1.29 is 0 Å². The van der Waals surface area contributed by atoms with Crippen LogP contribution in [0.5, 0.6) is 0 Å². The molecule has 42 heavy (non-hydrogen) atoms. The van der Waals surface area contributed by atoms with E-state index in [9.17, 15) is 0 Å². The zero-order valence-electron chi connectivity index (χ0n) is 24.2. The Morgan fingerprint density at radius 2 is 1.69 bits per heavy atom. The van der Waals surface area contributed by atoms with E-state index in [-0.39, 0.29) is 5.41 Å². The number of thioether (sulfide) groups is 1. The van der Waals surface area contributed by atoms with E-state index < -0.39 is 0 Å². The van der Waals surface area contributed by atoms with Gasteiger partial charge in [0.25, 0.3) is 0 Å². The molecule has 1 aliphatic heterocycles. The lowest BCUT2D eigenvalue weighted by Crippen LogP contribution is -2.16. The summed E-state index contributed by atoms with van der Waals surface area (Å²) in [5, 5.41) is 1.29. The van der Waals surface area contributed by atoms with Crippen molar-refractivity contribution in [2.75, 3.05) is 0 Å². The molecule has 0 bridgehead atoms. The third kappa shape index (κ3) is 4.93. The van der Waals surface area contributed by atoms with Gasteiger partial charge in [0.1, 0.15) is 0 Å². The predicted molar refractivity (Wildman–Crippen MR) is 188 cm³/mol. The van der Waals surface area contributed by atoms with Gasteiger partial charge in [-0.25, -0.2) is 0 Å². The monoisotopic (exact) mass is 579 g/mol. The van der Waals surface area contributed by atoms with Gasteiger partial charge in [-0.05, 0) is 71.8 Å². The lowest BCUT2D eigenvalue weighted by atomic mass is 9.80. The SMILES string of the molecule is C=N\C(=C/C=C\C=C/c1sc2ccccc2c1/C=C/C)c1cccc2c1C1=C(/C=C\C(=C)S2)C(C)(C)c2ccccc21. The first-order chi connectivity index (χ1) is 20.4. The Balaban J connectivity index is 1.41. The summed E-state index contributed by atoms with van der Waals surface area (Å²) in [6.07, 6.45) is 19.2. The summed E-state index contributed by atoms with van der Waals surface area (Å²) >= 11 is 3.53. The molecule has 6 rings (SSSR count). The Labute approximate surface area is 257 Å². The molecular weight excluding hydrogens is 547 g/mol. The number of allylic oxidation sites excluding steroid dienone is 8. The molecule has 1 aliphatic carbocycles. The number of hydrogen-bond acceptors (Lipinski definition) is 3. The molecule has 0 unspecified atom stereocenters. The highest BCUT2D eigenvalue weighted by Gasteiger charge is 2.38. The zero-order valence-corrected chi connectivity index (χ0v) is 25.9. The maximum atomic E-state index is 4.53. The van der Waals surface area contributed by atoms with E-state index in [1.54, 1.807) is 11.8 Å². The van der Waals surface area contributed by atoms with Gasteiger partial charge in [0.15, 0.2) is 0 Å². The van der Waals surface area contributed by atoms with Crippen molar-refractivity contribution >= 4 is 63.3 Å². The van der Waals surface area contributed by atoms with Crippen LogP contribution in [0.25, 0.3) is 33.5 Å². The van der Waals surface area contributed by atoms with Crippen LogP contribution in [-0.4, -0.2) is 6.72 Å². The number of benzene rings is 3. The van der Waals surface area contributed by atoms with Gasteiger partial charge >= 0.3 is 0 Å². The largest absolute Gasteiger partial charge is 0.264 e. The van der Waals surface area contributed by atoms with E-state index in [4.69, 9.17) is 0 Å². The third-order valence-electron chi connectivity index (χ3n) is 7.93. The lowest BCUT2D eigenvalue weighted by molar-refractivity contribution is 0.654. The Bertz CT molecular complexity index is 1920. The second kappa shape index (κ2) is 11.6. The molecule has 0 amide bonds. The minimum Gasteiger partial charge on any atom is -0.264 e. The van der Waals surface area contributed by atoms with Crippen LogP contribution in [0.2, 0.25) is 0 Å².